The van der Waals surface area contributed by atoms with Crippen molar-refractivity contribution in [3.63, 3.8) is 0 Å². The van der Waals surface area contributed by atoms with Crippen LogP contribution in [-0.2, 0) is 30.5 Å². The lowest BCUT2D eigenvalue weighted by atomic mass is 9.43. The Balaban J connectivity index is 1.14. The van der Waals surface area contributed by atoms with E-state index in [-0.39, 0.29) is 84.0 Å². The molecule has 0 aromatic heterocycles. The van der Waals surface area contributed by atoms with E-state index in [1.54, 1.807) is 0 Å². The molecule has 11 heteroatoms. The van der Waals surface area contributed by atoms with Crippen LogP contribution in [0.25, 0.3) is 0 Å². The Morgan fingerprint density at radius 3 is 2.40 bits per heavy atom. The van der Waals surface area contributed by atoms with Gasteiger partial charge in [-0.05, 0) is 103 Å². The van der Waals surface area contributed by atoms with Gasteiger partial charge in [0.25, 0.3) is 0 Å². The Hall–Kier alpha value is -1.91. The van der Waals surface area contributed by atoms with Crippen LogP contribution < -0.4 is 5.32 Å². The van der Waals surface area contributed by atoms with Gasteiger partial charge in [0.05, 0.1) is 18.8 Å². The van der Waals surface area contributed by atoms with Crippen LogP contribution in [0.2, 0.25) is 0 Å². The monoisotopic (exact) mass is 736 g/mol. The average Bonchev–Trinajstić information content (AvgIpc) is 3.45. The molecule has 4 aliphatic rings. The van der Waals surface area contributed by atoms with E-state index in [1.807, 2.05) is 35.2 Å². The number of amides is 1. The summed E-state index contributed by atoms with van der Waals surface area (Å²) in [6, 6.07) is 9.43. The fourth-order valence-electron chi connectivity index (χ4n) is 10.7. The van der Waals surface area contributed by atoms with Gasteiger partial charge in [0.2, 0.25) is 5.91 Å². The van der Waals surface area contributed by atoms with Gasteiger partial charge in [-0.2, -0.15) is 0 Å². The number of halogens is 2. The minimum absolute atomic E-state index is 0.0393. The SMILES string of the molecule is C[C@H](CCC(=O)NCC(=O)OCc1ccccc1)[C@H]1CC[C@H]2[C@@H]3[C@H](O)CC4C[C@H](OC(=O)CN(CCCl)CCCl)CC[C@]4(C)[C@H]3C[C@H](O)[C@]12C. The van der Waals surface area contributed by atoms with Crippen molar-refractivity contribution in [2.24, 2.45) is 46.3 Å². The molecule has 5 rings (SSSR count). The molecular weight excluding hydrogens is 679 g/mol. The number of aliphatic hydroxyl groups excluding tert-OH is 2. The predicted molar refractivity (Wildman–Crippen MR) is 193 cm³/mol. The number of carbonyl (C=O) groups is 3. The number of rotatable bonds is 15. The van der Waals surface area contributed by atoms with E-state index in [9.17, 15) is 24.6 Å². The van der Waals surface area contributed by atoms with Crippen LogP contribution in [0.15, 0.2) is 30.3 Å². The van der Waals surface area contributed by atoms with Gasteiger partial charge in [-0.3, -0.25) is 19.3 Å². The Morgan fingerprint density at radius 2 is 1.70 bits per heavy atom. The maximum absolute atomic E-state index is 12.8. The number of carbonyl (C=O) groups excluding carboxylic acids is 3. The first-order valence-corrected chi connectivity index (χ1v) is 19.8. The van der Waals surface area contributed by atoms with Crippen LogP contribution >= 0.6 is 23.2 Å². The molecule has 4 aliphatic carbocycles. The average molecular weight is 738 g/mol. The van der Waals surface area contributed by atoms with Crippen LogP contribution in [0.5, 0.6) is 0 Å². The molecule has 1 aromatic carbocycles. The second-order valence-electron chi connectivity index (χ2n) is 16.1. The zero-order valence-electron chi connectivity index (χ0n) is 30.0. The largest absolute Gasteiger partial charge is 0.461 e. The van der Waals surface area contributed by atoms with Gasteiger partial charge < -0.3 is 25.0 Å². The third kappa shape index (κ3) is 8.65. The number of hydrogen-bond donors (Lipinski definition) is 3. The standard InChI is InChI=1S/C39H58Cl2N2O7/c1-25(9-12-34(46)42-22-35(47)49-24-26-7-5-4-6-8-26)29-10-11-30-37-31(21-33(45)39(29,30)3)38(2)14-13-28(19-27(38)20-32(37)44)50-36(48)23-43(17-15-40)18-16-41/h4-8,25,27-33,37,44-45H,9-24H2,1-3H3,(H,42,46)/t25-,27?,28-,29-,30+,31+,32-,33+,37+,38+,39-/m1/s1. The number of fused-ring (bicyclic) bond motifs is 5. The van der Waals surface area contributed by atoms with Crippen molar-refractivity contribution < 1.29 is 34.1 Å². The van der Waals surface area contributed by atoms with Gasteiger partial charge in [-0.25, -0.2) is 0 Å². The first-order valence-electron chi connectivity index (χ1n) is 18.8. The minimum Gasteiger partial charge on any atom is -0.461 e. The summed E-state index contributed by atoms with van der Waals surface area (Å²) in [7, 11) is 0. The molecule has 4 fully saturated rings. The number of nitrogens with zero attached hydrogens (tertiary/aromatic N) is 1. The van der Waals surface area contributed by atoms with Gasteiger partial charge in [-0.15, -0.1) is 23.2 Å². The molecule has 280 valence electrons. The first kappa shape index (κ1) is 39.3. The highest BCUT2D eigenvalue weighted by Crippen LogP contribution is 2.68. The lowest BCUT2D eigenvalue weighted by molar-refractivity contribution is -0.209. The Bertz CT molecular complexity index is 1300. The fourth-order valence-corrected chi connectivity index (χ4v) is 11.2. The molecule has 11 atom stereocenters. The zero-order chi connectivity index (χ0) is 36.1. The molecule has 3 N–H and O–H groups in total. The summed E-state index contributed by atoms with van der Waals surface area (Å²) in [6.07, 6.45) is 5.53. The smallest absolute Gasteiger partial charge is 0.325 e. The number of ether oxygens (including phenoxy) is 2. The van der Waals surface area contributed by atoms with Crippen LogP contribution in [0.4, 0.5) is 0 Å². The quantitative estimate of drug-likeness (QED) is 0.158. The number of esters is 2. The number of aliphatic hydroxyl groups is 2. The van der Waals surface area contributed by atoms with Gasteiger partial charge in [0, 0.05) is 31.3 Å². The summed E-state index contributed by atoms with van der Waals surface area (Å²) in [6.45, 7) is 8.10. The molecule has 0 heterocycles. The number of hydrogen-bond acceptors (Lipinski definition) is 8. The highest BCUT2D eigenvalue weighted by molar-refractivity contribution is 6.18. The molecule has 1 amide bonds. The van der Waals surface area contributed by atoms with E-state index in [1.165, 1.54) is 0 Å². The summed E-state index contributed by atoms with van der Waals surface area (Å²) in [5, 5.41) is 26.5. The molecule has 0 spiro atoms. The maximum atomic E-state index is 12.8. The molecule has 0 saturated heterocycles. The van der Waals surface area contributed by atoms with Gasteiger partial charge >= 0.3 is 11.9 Å². The van der Waals surface area contributed by atoms with Crippen LogP contribution in [0, 0.1) is 46.3 Å². The predicted octanol–water partition coefficient (Wildman–Crippen LogP) is 5.55. The van der Waals surface area contributed by atoms with Crippen molar-refractivity contribution in [1.82, 2.24) is 10.2 Å². The van der Waals surface area contributed by atoms with E-state index in [2.05, 4.69) is 26.1 Å². The van der Waals surface area contributed by atoms with Crippen LogP contribution in [0.1, 0.15) is 84.1 Å². The van der Waals surface area contributed by atoms with Crippen molar-refractivity contribution in [2.45, 2.75) is 103 Å². The maximum Gasteiger partial charge on any atom is 0.325 e. The summed E-state index contributed by atoms with van der Waals surface area (Å²) in [4.78, 5) is 39.6. The Morgan fingerprint density at radius 1 is 0.980 bits per heavy atom. The normalized spacial score (nSPS) is 35.4. The van der Waals surface area contributed by atoms with E-state index in [4.69, 9.17) is 32.7 Å². The molecule has 0 radical (unpaired) electrons. The molecule has 0 aliphatic heterocycles. The molecule has 9 nitrogen and oxygen atoms in total. The first-order chi connectivity index (χ1) is 23.9. The van der Waals surface area contributed by atoms with Gasteiger partial charge in [0.1, 0.15) is 19.3 Å². The summed E-state index contributed by atoms with van der Waals surface area (Å²) < 4.78 is 11.3. The molecule has 50 heavy (non-hydrogen) atoms. The third-order valence-corrected chi connectivity index (χ3v) is 13.8. The molecule has 1 aromatic rings. The summed E-state index contributed by atoms with van der Waals surface area (Å²) >= 11 is 11.8. The van der Waals surface area contributed by atoms with E-state index in [0.29, 0.717) is 50.5 Å². The second-order valence-corrected chi connectivity index (χ2v) is 16.8. The van der Waals surface area contributed by atoms with E-state index in [0.717, 1.165) is 37.7 Å². The highest BCUT2D eigenvalue weighted by atomic mass is 35.5. The number of benzene rings is 1. The lowest BCUT2D eigenvalue weighted by Crippen LogP contribution is -2.62. The van der Waals surface area contributed by atoms with Crippen molar-refractivity contribution in [3.8, 4) is 0 Å². The topological polar surface area (TPSA) is 125 Å². The second kappa shape index (κ2) is 17.3. The molecule has 4 saturated carbocycles. The molecule has 0 bridgehead atoms. The van der Waals surface area contributed by atoms with Gasteiger partial charge in [0.15, 0.2) is 0 Å². The molecule has 1 unspecified atom stereocenters. The van der Waals surface area contributed by atoms with Crippen molar-refractivity contribution in [1.29, 1.82) is 0 Å². The zero-order valence-corrected chi connectivity index (χ0v) is 31.5. The van der Waals surface area contributed by atoms with Crippen LogP contribution in [0.3, 0.4) is 0 Å². The molecular formula is C39H58Cl2N2O7. The number of alkyl halides is 2. The lowest BCUT2D eigenvalue weighted by Gasteiger charge is -2.63. The highest BCUT2D eigenvalue weighted by Gasteiger charge is 2.65. The Labute approximate surface area is 308 Å². The number of nitrogens with one attached hydrogen (secondary N) is 1. The summed E-state index contributed by atoms with van der Waals surface area (Å²) in [5.41, 5.74) is 0.515. The van der Waals surface area contributed by atoms with Gasteiger partial charge in [-0.1, -0.05) is 51.1 Å². The Kier molecular flexibility index (Phi) is 13.6. The summed E-state index contributed by atoms with van der Waals surface area (Å²) in [5.74, 6) is 1.12. The fraction of sp³-hybridized carbons (Fsp3) is 0.769. The van der Waals surface area contributed by atoms with Crippen LogP contribution in [-0.4, -0.2) is 89.2 Å². The van der Waals surface area contributed by atoms with E-state index >= 15 is 0 Å². The minimum atomic E-state index is -0.495. The third-order valence-electron chi connectivity index (χ3n) is 13.5. The van der Waals surface area contributed by atoms with Crippen molar-refractivity contribution >= 4 is 41.0 Å². The van der Waals surface area contributed by atoms with E-state index < -0.39 is 18.2 Å². The van der Waals surface area contributed by atoms with Crippen molar-refractivity contribution in [3.05, 3.63) is 35.9 Å². The van der Waals surface area contributed by atoms with Crippen molar-refractivity contribution in [2.75, 3.05) is 37.9 Å².